The third-order valence-corrected chi connectivity index (χ3v) is 6.21. The monoisotopic (exact) mass is 388 g/mol. The Morgan fingerprint density at radius 1 is 1.15 bits per heavy atom. The van der Waals surface area contributed by atoms with E-state index in [0.717, 1.165) is 29.2 Å². The molecule has 0 aliphatic heterocycles. The van der Waals surface area contributed by atoms with Crippen LogP contribution in [0.5, 0.6) is 0 Å². The molecule has 2 aromatic rings. The molecule has 27 heavy (non-hydrogen) atoms. The predicted molar refractivity (Wildman–Crippen MR) is 109 cm³/mol. The van der Waals surface area contributed by atoms with E-state index >= 15 is 0 Å². The maximum absolute atomic E-state index is 12.7. The van der Waals surface area contributed by atoms with E-state index in [0.29, 0.717) is 6.04 Å². The highest BCUT2D eigenvalue weighted by molar-refractivity contribution is 7.90. The van der Waals surface area contributed by atoms with Gasteiger partial charge in [-0.1, -0.05) is 42.5 Å². The van der Waals surface area contributed by atoms with Crippen LogP contribution in [0.15, 0.2) is 42.5 Å². The van der Waals surface area contributed by atoms with Crippen molar-refractivity contribution in [1.82, 2.24) is 10.2 Å². The summed E-state index contributed by atoms with van der Waals surface area (Å²) in [6.07, 6.45) is 3.30. The smallest absolute Gasteiger partial charge is 0.234 e. The van der Waals surface area contributed by atoms with E-state index in [1.165, 1.54) is 6.26 Å². The van der Waals surface area contributed by atoms with Crippen molar-refractivity contribution in [2.45, 2.75) is 44.8 Å². The van der Waals surface area contributed by atoms with Gasteiger partial charge in [0.05, 0.1) is 18.3 Å². The first-order valence-corrected chi connectivity index (χ1v) is 11.5. The summed E-state index contributed by atoms with van der Waals surface area (Å²) >= 11 is 0. The molecule has 2 atom stereocenters. The van der Waals surface area contributed by atoms with Gasteiger partial charge in [-0.2, -0.15) is 0 Å². The molecule has 1 amide bonds. The lowest BCUT2D eigenvalue weighted by molar-refractivity contribution is -0.123. The summed E-state index contributed by atoms with van der Waals surface area (Å²) in [4.78, 5) is 14.7. The number of fused-ring (bicyclic) bond motifs is 1. The number of nitrogens with one attached hydrogen (secondary N) is 1. The van der Waals surface area contributed by atoms with Crippen LogP contribution in [-0.4, -0.2) is 49.9 Å². The second-order valence-corrected chi connectivity index (χ2v) is 9.89. The number of nitrogens with zero attached hydrogens (tertiary/aromatic N) is 1. The fourth-order valence-electron chi connectivity index (χ4n) is 3.74. The van der Waals surface area contributed by atoms with Crippen LogP contribution in [0.2, 0.25) is 0 Å². The van der Waals surface area contributed by atoms with Gasteiger partial charge in [0.15, 0.2) is 0 Å². The van der Waals surface area contributed by atoms with Gasteiger partial charge in [-0.25, -0.2) is 8.42 Å². The first-order chi connectivity index (χ1) is 12.7. The van der Waals surface area contributed by atoms with Crippen LogP contribution in [0.4, 0.5) is 0 Å². The molecule has 1 aliphatic carbocycles. The highest BCUT2D eigenvalue weighted by Crippen LogP contribution is 2.29. The van der Waals surface area contributed by atoms with Crippen LogP contribution in [0.25, 0.3) is 10.8 Å². The lowest BCUT2D eigenvalue weighted by Crippen LogP contribution is -2.46. The third kappa shape index (κ3) is 5.30. The molecule has 0 aromatic heterocycles. The van der Waals surface area contributed by atoms with Crippen LogP contribution in [0.3, 0.4) is 0 Å². The van der Waals surface area contributed by atoms with Gasteiger partial charge in [-0.3, -0.25) is 9.69 Å². The summed E-state index contributed by atoms with van der Waals surface area (Å²) in [6, 6.07) is 14.3. The van der Waals surface area contributed by atoms with Crippen molar-refractivity contribution in [1.29, 1.82) is 0 Å². The fraction of sp³-hybridized carbons (Fsp3) is 0.476. The van der Waals surface area contributed by atoms with Crippen molar-refractivity contribution in [2.75, 3.05) is 18.6 Å². The Bertz CT molecular complexity index is 917. The van der Waals surface area contributed by atoms with Gasteiger partial charge in [0, 0.05) is 18.3 Å². The number of hydrogen-bond donors (Lipinski definition) is 1. The Morgan fingerprint density at radius 3 is 2.48 bits per heavy atom. The standard InChI is InChI=1S/C21H28N2O3S/c1-15(14-27(3,25)26)23(18-11-12-18)13-21(24)22-16(2)19-10-6-8-17-7-4-5-9-20(17)19/h4-10,15-16,18H,11-14H2,1-3H3,(H,22,24). The van der Waals surface area contributed by atoms with Gasteiger partial charge < -0.3 is 5.32 Å². The number of benzene rings is 2. The summed E-state index contributed by atoms with van der Waals surface area (Å²) in [5.74, 6) is 0.0121. The highest BCUT2D eigenvalue weighted by atomic mass is 32.2. The Kier molecular flexibility index (Phi) is 5.86. The maximum atomic E-state index is 12.7. The second kappa shape index (κ2) is 7.98. The summed E-state index contributed by atoms with van der Waals surface area (Å²) in [5.41, 5.74) is 1.09. The average Bonchev–Trinajstić information content (AvgIpc) is 3.42. The molecule has 2 unspecified atom stereocenters. The summed E-state index contributed by atoms with van der Waals surface area (Å²) in [7, 11) is -3.07. The van der Waals surface area contributed by atoms with Gasteiger partial charge in [0.1, 0.15) is 9.84 Å². The molecule has 3 rings (SSSR count). The zero-order valence-corrected chi connectivity index (χ0v) is 17.0. The number of sulfone groups is 1. The largest absolute Gasteiger partial charge is 0.348 e. The topological polar surface area (TPSA) is 66.5 Å². The van der Waals surface area contributed by atoms with E-state index in [1.54, 1.807) is 0 Å². The minimum atomic E-state index is -3.07. The zero-order chi connectivity index (χ0) is 19.6. The predicted octanol–water partition coefficient (Wildman–Crippen LogP) is 2.91. The minimum absolute atomic E-state index is 0.0670. The van der Waals surface area contributed by atoms with Crippen molar-refractivity contribution in [3.63, 3.8) is 0 Å². The van der Waals surface area contributed by atoms with E-state index in [1.807, 2.05) is 43.0 Å². The number of rotatable bonds is 8. The molecule has 0 saturated heterocycles. The first-order valence-electron chi connectivity index (χ1n) is 9.45. The van der Waals surface area contributed by atoms with Gasteiger partial charge in [0.2, 0.25) is 5.91 Å². The molecule has 1 N–H and O–H groups in total. The molecular weight excluding hydrogens is 360 g/mol. The van der Waals surface area contributed by atoms with Crippen molar-refractivity contribution in [3.05, 3.63) is 48.0 Å². The van der Waals surface area contributed by atoms with Crippen LogP contribution >= 0.6 is 0 Å². The summed E-state index contributed by atoms with van der Waals surface area (Å²) < 4.78 is 23.3. The van der Waals surface area contributed by atoms with Crippen LogP contribution in [0.1, 0.15) is 38.3 Å². The molecule has 2 aromatic carbocycles. The summed E-state index contributed by atoms with van der Waals surface area (Å²) in [6.45, 7) is 4.11. The van der Waals surface area contributed by atoms with Crippen molar-refractivity contribution < 1.29 is 13.2 Å². The lowest BCUT2D eigenvalue weighted by Gasteiger charge is -2.28. The number of carbonyl (C=O) groups is 1. The Labute approximate surface area is 161 Å². The van der Waals surface area contributed by atoms with E-state index in [-0.39, 0.29) is 30.3 Å². The van der Waals surface area contributed by atoms with E-state index in [2.05, 4.69) is 23.5 Å². The average molecular weight is 389 g/mol. The van der Waals surface area contributed by atoms with E-state index in [9.17, 15) is 13.2 Å². The van der Waals surface area contributed by atoms with Crippen molar-refractivity contribution in [2.24, 2.45) is 0 Å². The Hall–Kier alpha value is -1.92. The molecule has 0 heterocycles. The quantitative estimate of drug-likeness (QED) is 0.755. The van der Waals surface area contributed by atoms with Gasteiger partial charge in [-0.05, 0) is 43.0 Å². The van der Waals surface area contributed by atoms with E-state index in [4.69, 9.17) is 0 Å². The summed E-state index contributed by atoms with van der Waals surface area (Å²) in [5, 5.41) is 5.38. The molecule has 146 valence electrons. The Morgan fingerprint density at radius 2 is 1.81 bits per heavy atom. The van der Waals surface area contributed by atoms with Crippen LogP contribution in [-0.2, 0) is 14.6 Å². The fourth-order valence-corrected chi connectivity index (χ4v) is 4.81. The van der Waals surface area contributed by atoms with Crippen molar-refractivity contribution >= 4 is 26.5 Å². The van der Waals surface area contributed by atoms with E-state index < -0.39 is 9.84 Å². The molecule has 1 aliphatic rings. The van der Waals surface area contributed by atoms with Gasteiger partial charge >= 0.3 is 0 Å². The normalized spacial score (nSPS) is 17.0. The number of amides is 1. The van der Waals surface area contributed by atoms with Crippen LogP contribution in [0, 0.1) is 0 Å². The maximum Gasteiger partial charge on any atom is 0.234 e. The zero-order valence-electron chi connectivity index (χ0n) is 16.2. The molecular formula is C21H28N2O3S. The second-order valence-electron chi connectivity index (χ2n) is 7.70. The molecule has 1 fully saturated rings. The van der Waals surface area contributed by atoms with Crippen LogP contribution < -0.4 is 5.32 Å². The highest BCUT2D eigenvalue weighted by Gasteiger charge is 2.34. The molecule has 0 bridgehead atoms. The molecule has 0 radical (unpaired) electrons. The van der Waals surface area contributed by atoms with Crippen molar-refractivity contribution in [3.8, 4) is 0 Å². The molecule has 0 spiro atoms. The van der Waals surface area contributed by atoms with Gasteiger partial charge in [-0.15, -0.1) is 0 Å². The molecule has 6 heteroatoms. The minimum Gasteiger partial charge on any atom is -0.348 e. The Balaban J connectivity index is 1.68. The number of hydrogen-bond acceptors (Lipinski definition) is 4. The SMILES string of the molecule is CC(NC(=O)CN(C(C)CS(C)(=O)=O)C1CC1)c1cccc2ccccc12. The number of carbonyl (C=O) groups excluding carboxylic acids is 1. The first kappa shape index (κ1) is 19.8. The molecule has 5 nitrogen and oxygen atoms in total. The van der Waals surface area contributed by atoms with Gasteiger partial charge in [0.25, 0.3) is 0 Å². The molecule has 1 saturated carbocycles. The lowest BCUT2D eigenvalue weighted by atomic mass is 10.00. The third-order valence-electron chi connectivity index (χ3n) is 5.12.